The molecule has 0 saturated carbocycles. The monoisotopic (exact) mass is 918 g/mol. The average molecular weight is 918 g/mol. The van der Waals surface area contributed by atoms with Crippen LogP contribution in [0.3, 0.4) is 0 Å². The molecule has 0 saturated heterocycles. The molecule has 4 heteroatoms. The lowest BCUT2D eigenvalue weighted by molar-refractivity contribution is 0.331. The van der Waals surface area contributed by atoms with E-state index >= 15 is 0 Å². The van der Waals surface area contributed by atoms with Gasteiger partial charge in [0.15, 0.2) is 7.28 Å². The van der Waals surface area contributed by atoms with E-state index in [1.807, 2.05) is 0 Å². The molecule has 1 aliphatic heterocycles. The summed E-state index contributed by atoms with van der Waals surface area (Å²) in [6.07, 6.45) is 4.66. The van der Waals surface area contributed by atoms with Crippen molar-refractivity contribution in [3.05, 3.63) is 160 Å². The number of fused-ring (bicyclic) bond motifs is 10. The number of rotatable bonds is 4. The maximum atomic E-state index is 7.25. The van der Waals surface area contributed by atoms with Crippen molar-refractivity contribution in [2.45, 2.75) is 155 Å². The molecule has 1 radical (unpaired) electrons. The van der Waals surface area contributed by atoms with Crippen LogP contribution >= 0.6 is 0 Å². The highest BCUT2D eigenvalue weighted by Crippen LogP contribution is 2.56. The van der Waals surface area contributed by atoms with Crippen molar-refractivity contribution in [2.24, 2.45) is 0 Å². The smallest absolute Gasteiger partial charge is 0.198 e. The van der Waals surface area contributed by atoms with Gasteiger partial charge in [-0.3, -0.25) is 0 Å². The Morgan fingerprint density at radius 1 is 0.529 bits per heavy atom. The largest absolute Gasteiger partial charge is 0.455 e. The predicted molar refractivity (Wildman–Crippen MR) is 300 cm³/mol. The lowest BCUT2D eigenvalue weighted by Crippen LogP contribution is -2.44. The molecule has 353 valence electrons. The topological polar surface area (TPSA) is 28.4 Å². The van der Waals surface area contributed by atoms with Crippen LogP contribution in [0.2, 0.25) is 0 Å². The Hall–Kier alpha value is -6.00. The molecule has 0 bridgehead atoms. The highest BCUT2D eigenvalue weighted by atomic mass is 16.3. The Balaban J connectivity index is 1.21. The number of furan rings is 1. The second kappa shape index (κ2) is 14.8. The molecule has 3 nitrogen and oxygen atoms in total. The number of aryl methyl sites for hydroxylation is 1. The maximum absolute atomic E-state index is 7.25. The van der Waals surface area contributed by atoms with Crippen LogP contribution < -0.4 is 21.1 Å². The quantitative estimate of drug-likeness (QED) is 0.178. The number of nitrogens with one attached hydrogen (secondary N) is 1. The Kier molecular flexibility index (Phi) is 9.54. The van der Waals surface area contributed by atoms with Crippen LogP contribution in [0.4, 0.5) is 28.4 Å². The summed E-state index contributed by atoms with van der Waals surface area (Å²) in [7, 11) is 2.52. The van der Waals surface area contributed by atoms with E-state index in [0.717, 1.165) is 63.7 Å². The fourth-order valence-electron chi connectivity index (χ4n) is 13.1. The minimum Gasteiger partial charge on any atom is -0.455 e. The van der Waals surface area contributed by atoms with Gasteiger partial charge in [0.25, 0.3) is 0 Å². The number of anilines is 5. The predicted octanol–water partition coefficient (Wildman–Crippen LogP) is 17.0. The SMILES string of the molecule is Cc1cc2c(cc1N1c3cc4c(cc3[B]c3c1cc1c(oc5ccccc51)c3-c1cc3c(cc1Nc1ccc(C(C)(C)C)cc1)C(C)(C)c1ccccc1-3)C(C)(C)CCC4(C)C)C(C)(C)CCC2(C)C. The normalized spacial score (nSPS) is 18.6. The van der Waals surface area contributed by atoms with Gasteiger partial charge >= 0.3 is 0 Å². The van der Waals surface area contributed by atoms with E-state index in [1.54, 1.807) is 0 Å². The van der Waals surface area contributed by atoms with Crippen LogP contribution in [0.25, 0.3) is 44.2 Å². The number of hydrogen-bond acceptors (Lipinski definition) is 3. The average Bonchev–Trinajstić information content (AvgIpc) is 3.78. The summed E-state index contributed by atoms with van der Waals surface area (Å²) in [5.41, 5.74) is 26.2. The number of para-hydroxylation sites is 1. The van der Waals surface area contributed by atoms with Gasteiger partial charge in [-0.05, 0) is 169 Å². The van der Waals surface area contributed by atoms with Crippen LogP contribution in [0.1, 0.15) is 160 Å². The fraction of sp³-hybridized carbons (Fsp3) is 0.364. The molecule has 1 aromatic heterocycles. The van der Waals surface area contributed by atoms with E-state index < -0.39 is 0 Å². The first-order valence-corrected chi connectivity index (χ1v) is 26.1. The standard InChI is InChI=1S/C66H70BN2O/c1-38-31-48-50(64(9,10)29-27-62(48,5)6)36-54(38)69-55-37-51-49(63(7,8)28-30-65(51,11)12)34-52(55)67-59-56(69)33-44-42-20-16-18-22-57(42)70-60(44)58(59)45-32-43-41-19-15-17-21-46(41)66(13,14)47(43)35-53(45)68-40-25-23-39(24-26-40)61(2,3)4/h15-26,31-37,68H,27-30H2,1-14H3. The highest BCUT2D eigenvalue weighted by Gasteiger charge is 2.43. The van der Waals surface area contributed by atoms with Crippen LogP contribution in [-0.2, 0) is 32.5 Å². The van der Waals surface area contributed by atoms with E-state index in [-0.39, 0.29) is 32.5 Å². The van der Waals surface area contributed by atoms with Gasteiger partial charge in [-0.25, -0.2) is 0 Å². The second-order valence-corrected chi connectivity index (χ2v) is 25.9. The summed E-state index contributed by atoms with van der Waals surface area (Å²) in [4.78, 5) is 2.67. The van der Waals surface area contributed by atoms with Crippen molar-refractivity contribution < 1.29 is 4.42 Å². The molecule has 2 heterocycles. The first-order chi connectivity index (χ1) is 32.9. The Morgan fingerprint density at radius 3 is 1.77 bits per heavy atom. The van der Waals surface area contributed by atoms with Gasteiger partial charge in [0.2, 0.25) is 0 Å². The molecule has 0 amide bonds. The van der Waals surface area contributed by atoms with E-state index in [2.05, 4.69) is 230 Å². The van der Waals surface area contributed by atoms with Crippen LogP contribution in [0.15, 0.2) is 120 Å². The summed E-state index contributed by atoms with van der Waals surface area (Å²) in [5.74, 6) is 0. The Labute approximate surface area is 418 Å². The zero-order valence-corrected chi connectivity index (χ0v) is 44.2. The van der Waals surface area contributed by atoms with Gasteiger partial charge in [-0.1, -0.05) is 162 Å². The number of hydrogen-bond donors (Lipinski definition) is 1. The molecule has 0 fully saturated rings. The molecule has 0 atom stereocenters. The van der Waals surface area contributed by atoms with Crippen molar-refractivity contribution in [1.82, 2.24) is 0 Å². The first kappa shape index (κ1) is 45.2. The van der Waals surface area contributed by atoms with Gasteiger partial charge < -0.3 is 14.6 Å². The van der Waals surface area contributed by atoms with Gasteiger partial charge in [0, 0.05) is 55.8 Å². The zero-order chi connectivity index (χ0) is 49.2. The highest BCUT2D eigenvalue weighted by molar-refractivity contribution is 6.74. The third-order valence-corrected chi connectivity index (χ3v) is 17.9. The van der Waals surface area contributed by atoms with Crippen molar-refractivity contribution in [2.75, 3.05) is 10.2 Å². The summed E-state index contributed by atoms with van der Waals surface area (Å²) < 4.78 is 7.25. The maximum Gasteiger partial charge on any atom is 0.198 e. The number of benzene rings is 7. The molecule has 4 aliphatic rings. The van der Waals surface area contributed by atoms with Crippen LogP contribution in [0.5, 0.6) is 0 Å². The molecule has 0 unspecified atom stereocenters. The van der Waals surface area contributed by atoms with Crippen LogP contribution in [0, 0.1) is 6.92 Å². The van der Waals surface area contributed by atoms with E-state index in [0.29, 0.717) is 0 Å². The molecular formula is C66H70BN2O. The molecule has 70 heavy (non-hydrogen) atoms. The third-order valence-electron chi connectivity index (χ3n) is 17.9. The van der Waals surface area contributed by atoms with Gasteiger partial charge in [-0.2, -0.15) is 0 Å². The number of nitrogens with zero attached hydrogens (tertiary/aromatic N) is 1. The molecule has 0 spiro atoms. The van der Waals surface area contributed by atoms with Crippen molar-refractivity contribution in [3.63, 3.8) is 0 Å². The van der Waals surface area contributed by atoms with E-state index in [9.17, 15) is 0 Å². The van der Waals surface area contributed by atoms with Gasteiger partial charge in [0.1, 0.15) is 11.2 Å². The van der Waals surface area contributed by atoms with Crippen LogP contribution in [-0.4, -0.2) is 7.28 Å². The lowest BCUT2D eigenvalue weighted by Gasteiger charge is -2.45. The van der Waals surface area contributed by atoms with E-state index in [4.69, 9.17) is 4.42 Å². The van der Waals surface area contributed by atoms with Crippen molar-refractivity contribution in [1.29, 1.82) is 0 Å². The molecule has 7 aromatic carbocycles. The van der Waals surface area contributed by atoms with Crippen molar-refractivity contribution >= 4 is 68.6 Å². The summed E-state index contributed by atoms with van der Waals surface area (Å²) >= 11 is 0. The Morgan fingerprint density at radius 2 is 1.11 bits per heavy atom. The summed E-state index contributed by atoms with van der Waals surface area (Å²) in [6, 6.07) is 44.5. The minimum absolute atomic E-state index is 0.0404. The molecular weight excluding hydrogens is 848 g/mol. The molecule has 3 aliphatic carbocycles. The molecule has 8 aromatic rings. The summed E-state index contributed by atoms with van der Waals surface area (Å²) in [6.45, 7) is 33.6. The van der Waals surface area contributed by atoms with Gasteiger partial charge in [-0.15, -0.1) is 0 Å². The lowest BCUT2D eigenvalue weighted by atomic mass is 9.55. The fourth-order valence-corrected chi connectivity index (χ4v) is 13.1. The Bertz CT molecular complexity index is 3490. The van der Waals surface area contributed by atoms with Gasteiger partial charge in [0.05, 0.1) is 0 Å². The van der Waals surface area contributed by atoms with E-state index in [1.165, 1.54) is 90.0 Å². The molecule has 12 rings (SSSR count). The zero-order valence-electron chi connectivity index (χ0n) is 44.2. The first-order valence-electron chi connectivity index (χ1n) is 26.1. The van der Waals surface area contributed by atoms with Crippen molar-refractivity contribution in [3.8, 4) is 22.3 Å². The molecule has 1 N–H and O–H groups in total. The third kappa shape index (κ3) is 6.67. The summed E-state index contributed by atoms with van der Waals surface area (Å²) in [5, 5.41) is 6.32. The minimum atomic E-state index is -0.185. The second-order valence-electron chi connectivity index (χ2n) is 25.9.